The van der Waals surface area contributed by atoms with Crippen molar-refractivity contribution in [2.24, 2.45) is 0 Å². The third-order valence-corrected chi connectivity index (χ3v) is 3.24. The number of aryl methyl sites for hydroxylation is 1. The largest absolute Gasteiger partial charge is 0.493 e. The summed E-state index contributed by atoms with van der Waals surface area (Å²) in [4.78, 5) is 0. The minimum absolute atomic E-state index is 0. The first-order valence-electron chi connectivity index (χ1n) is 5.43. The van der Waals surface area contributed by atoms with Gasteiger partial charge in [-0.1, -0.05) is 6.07 Å². The first-order valence-corrected chi connectivity index (χ1v) is 7.49. The van der Waals surface area contributed by atoms with E-state index in [0.29, 0.717) is 24.5 Å². The van der Waals surface area contributed by atoms with Gasteiger partial charge in [0.05, 0.1) is 19.5 Å². The van der Waals surface area contributed by atoms with Crippen molar-refractivity contribution in [3.8, 4) is 11.5 Å². The van der Waals surface area contributed by atoms with Crippen LogP contribution in [0.4, 0.5) is 0 Å². The molecule has 0 saturated heterocycles. The van der Waals surface area contributed by atoms with Gasteiger partial charge in [-0.2, -0.15) is 0 Å². The Hall–Kier alpha value is -1.27. The molecule has 0 aromatic heterocycles. The molecule has 104 valence electrons. The second kappa shape index (κ2) is 7.23. The Labute approximate surface area is 109 Å². The fourth-order valence-electron chi connectivity index (χ4n) is 1.45. The smallest absolute Gasteiger partial charge is 0.161 e. The van der Waals surface area contributed by atoms with Gasteiger partial charge in [0.15, 0.2) is 11.5 Å². The molecule has 0 amide bonds. The van der Waals surface area contributed by atoms with Crippen molar-refractivity contribution in [3.05, 3.63) is 23.8 Å². The Morgan fingerprint density at radius 1 is 1.22 bits per heavy atom. The predicted molar refractivity (Wildman–Crippen MR) is 72.6 cm³/mol. The molecule has 0 heterocycles. The molecule has 0 bridgehead atoms. The fraction of sp³-hybridized carbons (Fsp3) is 0.500. The zero-order valence-electron chi connectivity index (χ0n) is 11.1. The maximum absolute atomic E-state index is 11.1. The topological polar surface area (TPSA) is 87.6 Å². The summed E-state index contributed by atoms with van der Waals surface area (Å²) < 4.78 is 32.7. The highest BCUT2D eigenvalue weighted by Gasteiger charge is 2.07. The molecule has 0 aliphatic carbocycles. The molecule has 3 N–H and O–H groups in total. The van der Waals surface area contributed by atoms with Crippen molar-refractivity contribution >= 4 is 9.84 Å². The third-order valence-electron chi connectivity index (χ3n) is 2.29. The highest BCUT2D eigenvalue weighted by Crippen LogP contribution is 2.28. The summed E-state index contributed by atoms with van der Waals surface area (Å²) in [7, 11) is -1.36. The van der Waals surface area contributed by atoms with E-state index in [2.05, 4.69) is 0 Å². The number of sulfone groups is 1. The van der Waals surface area contributed by atoms with E-state index in [0.717, 1.165) is 5.56 Å². The van der Waals surface area contributed by atoms with Gasteiger partial charge in [-0.15, -0.1) is 0 Å². The summed E-state index contributed by atoms with van der Waals surface area (Å²) in [6.07, 6.45) is 1.73. The average molecular weight is 275 g/mol. The molecule has 0 radical (unpaired) electrons. The zero-order valence-corrected chi connectivity index (χ0v) is 11.9. The summed E-state index contributed by atoms with van der Waals surface area (Å²) >= 11 is 0. The van der Waals surface area contributed by atoms with E-state index in [-0.39, 0.29) is 11.9 Å². The quantitative estimate of drug-likeness (QED) is 0.856. The van der Waals surface area contributed by atoms with Gasteiger partial charge in [0.1, 0.15) is 9.84 Å². The lowest BCUT2D eigenvalue weighted by Crippen LogP contribution is -2.06. The lowest BCUT2D eigenvalue weighted by Gasteiger charge is -2.10. The van der Waals surface area contributed by atoms with Crippen LogP contribution in [-0.2, 0) is 16.3 Å². The molecular weight excluding hydrogens is 254 g/mol. The van der Waals surface area contributed by atoms with E-state index in [1.165, 1.54) is 6.26 Å². The number of rotatable bonds is 6. The molecule has 0 aliphatic heterocycles. The number of hydrogen-bond acceptors (Lipinski definition) is 5. The minimum atomic E-state index is -2.94. The Morgan fingerprint density at radius 2 is 1.89 bits per heavy atom. The van der Waals surface area contributed by atoms with Crippen molar-refractivity contribution in [2.45, 2.75) is 13.3 Å². The van der Waals surface area contributed by atoms with Gasteiger partial charge in [-0.3, -0.25) is 0 Å². The highest BCUT2D eigenvalue weighted by atomic mass is 32.2. The van der Waals surface area contributed by atoms with E-state index >= 15 is 0 Å². The molecule has 0 saturated carbocycles. The number of methoxy groups -OCH3 is 1. The first-order chi connectivity index (χ1) is 7.96. The molecule has 1 rings (SSSR count). The number of hydrogen-bond donors (Lipinski definition) is 1. The molecule has 0 aliphatic rings. The van der Waals surface area contributed by atoms with E-state index in [9.17, 15) is 8.42 Å². The summed E-state index contributed by atoms with van der Waals surface area (Å²) in [6.45, 7) is 2.44. The molecule has 0 atom stereocenters. The SMILES string of the molecule is CCOc1cc(CCS(C)(=O)=O)ccc1OC.N. The summed E-state index contributed by atoms with van der Waals surface area (Å²) in [5, 5.41) is 0. The first kappa shape index (κ1) is 16.7. The van der Waals surface area contributed by atoms with Crippen LogP contribution < -0.4 is 15.6 Å². The maximum atomic E-state index is 11.1. The lowest BCUT2D eigenvalue weighted by atomic mass is 10.1. The second-order valence-electron chi connectivity index (χ2n) is 3.80. The molecular formula is C12H21NO4S. The van der Waals surface area contributed by atoms with Crippen LogP contribution in [0.3, 0.4) is 0 Å². The maximum Gasteiger partial charge on any atom is 0.161 e. The molecule has 5 nitrogen and oxygen atoms in total. The van der Waals surface area contributed by atoms with Crippen LogP contribution in [0.5, 0.6) is 11.5 Å². The van der Waals surface area contributed by atoms with Crippen molar-refractivity contribution < 1.29 is 17.9 Å². The summed E-state index contributed by atoms with van der Waals surface area (Å²) in [5.74, 6) is 1.46. The molecule has 0 spiro atoms. The van der Waals surface area contributed by atoms with E-state index in [1.54, 1.807) is 13.2 Å². The molecule has 1 aromatic carbocycles. The lowest BCUT2D eigenvalue weighted by molar-refractivity contribution is 0.310. The van der Waals surface area contributed by atoms with Gasteiger partial charge in [-0.05, 0) is 31.0 Å². The fourth-order valence-corrected chi connectivity index (χ4v) is 2.05. The average Bonchev–Trinajstić information content (AvgIpc) is 2.26. The monoisotopic (exact) mass is 275 g/mol. The van der Waals surface area contributed by atoms with Gasteiger partial charge in [0.25, 0.3) is 0 Å². The number of benzene rings is 1. The normalized spacial score (nSPS) is 10.6. The van der Waals surface area contributed by atoms with Crippen LogP contribution in [-0.4, -0.2) is 34.1 Å². The van der Waals surface area contributed by atoms with Crippen LogP contribution in [0, 0.1) is 0 Å². The zero-order chi connectivity index (χ0) is 12.9. The molecule has 18 heavy (non-hydrogen) atoms. The van der Waals surface area contributed by atoms with Crippen LogP contribution in [0.1, 0.15) is 12.5 Å². The molecule has 0 unspecified atom stereocenters. The number of ether oxygens (including phenoxy) is 2. The summed E-state index contributed by atoms with van der Waals surface area (Å²) in [6, 6.07) is 5.47. The Bertz CT molecular complexity index is 471. The van der Waals surface area contributed by atoms with Gasteiger partial charge in [0, 0.05) is 6.26 Å². The van der Waals surface area contributed by atoms with Crippen molar-refractivity contribution in [3.63, 3.8) is 0 Å². The van der Waals surface area contributed by atoms with Gasteiger partial charge in [0.2, 0.25) is 0 Å². The van der Waals surface area contributed by atoms with Crippen molar-refractivity contribution in [1.82, 2.24) is 6.15 Å². The van der Waals surface area contributed by atoms with Crippen LogP contribution >= 0.6 is 0 Å². The second-order valence-corrected chi connectivity index (χ2v) is 6.06. The Kier molecular flexibility index (Phi) is 6.72. The van der Waals surface area contributed by atoms with Gasteiger partial charge >= 0.3 is 0 Å². The van der Waals surface area contributed by atoms with E-state index in [1.807, 2.05) is 19.1 Å². The van der Waals surface area contributed by atoms with E-state index < -0.39 is 9.84 Å². The highest BCUT2D eigenvalue weighted by molar-refractivity contribution is 7.90. The third kappa shape index (κ3) is 5.37. The Balaban J connectivity index is 0.00000289. The van der Waals surface area contributed by atoms with Gasteiger partial charge in [-0.25, -0.2) is 8.42 Å². The van der Waals surface area contributed by atoms with Crippen molar-refractivity contribution in [1.29, 1.82) is 0 Å². The predicted octanol–water partition coefficient (Wildman–Crippen LogP) is 1.84. The van der Waals surface area contributed by atoms with Gasteiger partial charge < -0.3 is 15.6 Å². The molecule has 6 heteroatoms. The minimum Gasteiger partial charge on any atom is -0.493 e. The van der Waals surface area contributed by atoms with Crippen LogP contribution in [0.2, 0.25) is 0 Å². The van der Waals surface area contributed by atoms with Crippen LogP contribution in [0.25, 0.3) is 0 Å². The summed E-state index contributed by atoms with van der Waals surface area (Å²) in [5.41, 5.74) is 0.930. The standard InChI is InChI=1S/C12H18O4S.H3N/c1-4-16-12-9-10(5-6-11(12)15-2)7-8-17(3,13)14;/h5-6,9H,4,7-8H2,1-3H3;1H3. The molecule has 0 fully saturated rings. The van der Waals surface area contributed by atoms with Crippen LogP contribution in [0.15, 0.2) is 18.2 Å². The van der Waals surface area contributed by atoms with Crippen molar-refractivity contribution in [2.75, 3.05) is 25.7 Å². The Morgan fingerprint density at radius 3 is 2.39 bits per heavy atom. The molecule has 1 aromatic rings. The van der Waals surface area contributed by atoms with E-state index in [4.69, 9.17) is 9.47 Å².